The molecular formula is C13H15BrN2OS. The highest BCUT2D eigenvalue weighted by molar-refractivity contribution is 9.10. The van der Waals surface area contributed by atoms with E-state index in [1.54, 1.807) is 23.5 Å². The molecule has 2 rings (SSSR count). The molecule has 0 aliphatic rings. The third-order valence-corrected chi connectivity index (χ3v) is 4.27. The third kappa shape index (κ3) is 3.48. The van der Waals surface area contributed by atoms with E-state index in [9.17, 15) is 5.11 Å². The molecule has 0 amide bonds. The number of phenolic OH excluding ortho intramolecular Hbond substituents is 1. The quantitative estimate of drug-likeness (QED) is 0.668. The van der Waals surface area contributed by atoms with E-state index in [0.29, 0.717) is 18.0 Å². The third-order valence-electron chi connectivity index (χ3n) is 2.59. The van der Waals surface area contributed by atoms with Crippen molar-refractivity contribution in [3.05, 3.63) is 44.6 Å². The van der Waals surface area contributed by atoms with Gasteiger partial charge in [-0.1, -0.05) is 0 Å². The van der Waals surface area contributed by atoms with Crippen LogP contribution >= 0.6 is 27.3 Å². The number of anilines is 1. The number of hydrogen-bond donors (Lipinski definition) is 2. The molecule has 96 valence electrons. The summed E-state index contributed by atoms with van der Waals surface area (Å²) in [4.78, 5) is 3.43. The zero-order valence-electron chi connectivity index (χ0n) is 10.1. The van der Waals surface area contributed by atoms with Crippen LogP contribution in [-0.2, 0) is 13.1 Å². The Morgan fingerprint density at radius 1 is 1.33 bits per heavy atom. The normalized spacial score (nSPS) is 11.1. The van der Waals surface area contributed by atoms with Crippen molar-refractivity contribution in [2.24, 2.45) is 0 Å². The molecule has 0 aliphatic carbocycles. The number of rotatable bonds is 4. The first-order valence-electron chi connectivity index (χ1n) is 5.53. The molecule has 0 bridgehead atoms. The molecule has 1 aromatic carbocycles. The molecule has 0 unspecified atom stereocenters. The summed E-state index contributed by atoms with van der Waals surface area (Å²) >= 11 is 5.17. The minimum absolute atomic E-state index is 0.295. The van der Waals surface area contributed by atoms with E-state index in [1.807, 2.05) is 13.1 Å². The van der Waals surface area contributed by atoms with Crippen molar-refractivity contribution in [1.29, 1.82) is 0 Å². The van der Waals surface area contributed by atoms with Crippen LogP contribution in [0.25, 0.3) is 0 Å². The monoisotopic (exact) mass is 326 g/mol. The van der Waals surface area contributed by atoms with Gasteiger partial charge in [0.1, 0.15) is 5.75 Å². The molecular weight excluding hydrogens is 312 g/mol. The molecule has 0 aliphatic heterocycles. The Morgan fingerprint density at radius 2 is 2.11 bits per heavy atom. The number of benzene rings is 1. The van der Waals surface area contributed by atoms with E-state index in [0.717, 1.165) is 16.6 Å². The summed E-state index contributed by atoms with van der Waals surface area (Å²) in [6.45, 7) is 1.52. The van der Waals surface area contributed by atoms with E-state index < -0.39 is 0 Å². The van der Waals surface area contributed by atoms with E-state index in [4.69, 9.17) is 5.73 Å². The Hall–Kier alpha value is -1.04. The number of nitrogens with zero attached hydrogens (tertiary/aromatic N) is 1. The summed E-state index contributed by atoms with van der Waals surface area (Å²) in [5, 5.41) is 11.8. The molecule has 2 aromatic rings. The van der Waals surface area contributed by atoms with Crippen molar-refractivity contribution >= 4 is 33.0 Å². The van der Waals surface area contributed by atoms with Crippen LogP contribution in [0.5, 0.6) is 5.75 Å². The summed E-state index contributed by atoms with van der Waals surface area (Å²) in [6.07, 6.45) is 0. The Kier molecular flexibility index (Phi) is 4.27. The minimum Gasteiger partial charge on any atom is -0.508 e. The van der Waals surface area contributed by atoms with E-state index in [1.165, 1.54) is 4.88 Å². The predicted octanol–water partition coefficient (Wildman–Crippen LogP) is 3.43. The van der Waals surface area contributed by atoms with Crippen molar-refractivity contribution in [3.63, 3.8) is 0 Å². The lowest BCUT2D eigenvalue weighted by molar-refractivity contribution is 0.315. The molecule has 18 heavy (non-hydrogen) atoms. The summed E-state index contributed by atoms with van der Waals surface area (Å²) in [6, 6.07) is 7.27. The van der Waals surface area contributed by atoms with Crippen molar-refractivity contribution in [2.45, 2.75) is 13.1 Å². The van der Waals surface area contributed by atoms with Gasteiger partial charge in [-0.25, -0.2) is 0 Å². The van der Waals surface area contributed by atoms with Crippen molar-refractivity contribution in [1.82, 2.24) is 4.90 Å². The molecule has 1 heterocycles. The first-order valence-corrected chi connectivity index (χ1v) is 7.20. The molecule has 5 heteroatoms. The van der Waals surface area contributed by atoms with Crippen molar-refractivity contribution in [2.75, 3.05) is 12.8 Å². The lowest BCUT2D eigenvalue weighted by Gasteiger charge is -2.16. The minimum atomic E-state index is 0.295. The van der Waals surface area contributed by atoms with E-state index in [-0.39, 0.29) is 0 Å². The van der Waals surface area contributed by atoms with Gasteiger partial charge in [0.05, 0.1) is 0 Å². The second kappa shape index (κ2) is 5.73. The SMILES string of the molecule is CN(Cc1cc(Br)cs1)Cc1cc(N)ccc1O. The van der Waals surface area contributed by atoms with Gasteiger partial charge >= 0.3 is 0 Å². The van der Waals surface area contributed by atoms with Crippen molar-refractivity contribution < 1.29 is 5.11 Å². The molecule has 3 N–H and O–H groups in total. The van der Waals surface area contributed by atoms with Gasteiger partial charge in [0, 0.05) is 39.1 Å². The average molecular weight is 327 g/mol. The Labute approximate surface area is 119 Å². The van der Waals surface area contributed by atoms with Crippen LogP contribution in [0, 0.1) is 0 Å². The molecule has 0 saturated carbocycles. The number of thiophene rings is 1. The number of aromatic hydroxyl groups is 1. The highest BCUT2D eigenvalue weighted by Gasteiger charge is 2.07. The molecule has 0 atom stereocenters. The van der Waals surface area contributed by atoms with E-state index >= 15 is 0 Å². The van der Waals surface area contributed by atoms with Gasteiger partial charge < -0.3 is 10.8 Å². The fourth-order valence-corrected chi connectivity index (χ4v) is 3.31. The van der Waals surface area contributed by atoms with Gasteiger partial charge in [0.2, 0.25) is 0 Å². The molecule has 0 saturated heterocycles. The topological polar surface area (TPSA) is 49.5 Å². The van der Waals surface area contributed by atoms with Crippen LogP contribution < -0.4 is 5.73 Å². The van der Waals surface area contributed by atoms with Gasteiger partial charge in [-0.2, -0.15) is 0 Å². The first-order chi connectivity index (χ1) is 8.54. The maximum atomic E-state index is 9.77. The summed E-state index contributed by atoms with van der Waals surface area (Å²) < 4.78 is 1.11. The number of nitrogens with two attached hydrogens (primary N) is 1. The smallest absolute Gasteiger partial charge is 0.120 e. The van der Waals surface area contributed by atoms with Gasteiger partial charge in [-0.05, 0) is 47.2 Å². The maximum Gasteiger partial charge on any atom is 0.120 e. The van der Waals surface area contributed by atoms with Gasteiger partial charge in [-0.15, -0.1) is 11.3 Å². The largest absolute Gasteiger partial charge is 0.508 e. The number of nitrogen functional groups attached to an aromatic ring is 1. The standard InChI is InChI=1S/C13H15BrN2OS/c1-16(7-12-5-10(14)8-18-12)6-9-4-11(15)2-3-13(9)17/h2-5,8,17H,6-7,15H2,1H3. The molecule has 0 fully saturated rings. The van der Waals surface area contributed by atoms with Gasteiger partial charge in [0.25, 0.3) is 0 Å². The van der Waals surface area contributed by atoms with Gasteiger partial charge in [0.15, 0.2) is 0 Å². The highest BCUT2D eigenvalue weighted by Crippen LogP contribution is 2.24. The van der Waals surface area contributed by atoms with Crippen LogP contribution in [0.2, 0.25) is 0 Å². The van der Waals surface area contributed by atoms with Gasteiger partial charge in [-0.3, -0.25) is 4.90 Å². The lowest BCUT2D eigenvalue weighted by atomic mass is 10.1. The molecule has 0 radical (unpaired) electrons. The molecule has 0 spiro atoms. The van der Waals surface area contributed by atoms with Crippen molar-refractivity contribution in [3.8, 4) is 5.75 Å². The summed E-state index contributed by atoms with van der Waals surface area (Å²) in [7, 11) is 2.02. The van der Waals surface area contributed by atoms with Crippen LogP contribution in [-0.4, -0.2) is 17.1 Å². The second-order valence-electron chi connectivity index (χ2n) is 4.29. The summed E-state index contributed by atoms with van der Waals surface area (Å²) in [5.41, 5.74) is 7.26. The highest BCUT2D eigenvalue weighted by atomic mass is 79.9. The second-order valence-corrected chi connectivity index (χ2v) is 6.20. The summed E-state index contributed by atoms with van der Waals surface area (Å²) in [5.74, 6) is 0.295. The Bertz CT molecular complexity index is 542. The fraction of sp³-hybridized carbons (Fsp3) is 0.231. The fourth-order valence-electron chi connectivity index (χ4n) is 1.78. The zero-order valence-corrected chi connectivity index (χ0v) is 12.5. The first kappa shape index (κ1) is 13.4. The van der Waals surface area contributed by atoms with Crippen LogP contribution in [0.15, 0.2) is 34.1 Å². The van der Waals surface area contributed by atoms with Crippen LogP contribution in [0.3, 0.4) is 0 Å². The van der Waals surface area contributed by atoms with Crippen LogP contribution in [0.1, 0.15) is 10.4 Å². The Morgan fingerprint density at radius 3 is 2.78 bits per heavy atom. The predicted molar refractivity (Wildman–Crippen MR) is 79.7 cm³/mol. The number of hydrogen-bond acceptors (Lipinski definition) is 4. The lowest BCUT2D eigenvalue weighted by Crippen LogP contribution is -2.16. The Balaban J connectivity index is 2.02. The average Bonchev–Trinajstić information content (AvgIpc) is 2.69. The van der Waals surface area contributed by atoms with Crippen LogP contribution in [0.4, 0.5) is 5.69 Å². The molecule has 1 aromatic heterocycles. The van der Waals surface area contributed by atoms with E-state index in [2.05, 4.69) is 32.3 Å². The number of halogens is 1. The number of phenols is 1. The molecule has 3 nitrogen and oxygen atoms in total. The maximum absolute atomic E-state index is 9.77. The zero-order chi connectivity index (χ0) is 13.1.